The van der Waals surface area contributed by atoms with Crippen LogP contribution in [-0.2, 0) is 10.0 Å². The number of carbonyl (C=O) groups excluding carboxylic acids is 1. The summed E-state index contributed by atoms with van der Waals surface area (Å²) in [6.07, 6.45) is 1.30. The molecule has 2 aromatic rings. The summed E-state index contributed by atoms with van der Waals surface area (Å²) in [5.41, 5.74) is 0.332. The summed E-state index contributed by atoms with van der Waals surface area (Å²) in [6.45, 7) is 1.67. The van der Waals surface area contributed by atoms with Crippen LogP contribution in [0.4, 0.5) is 4.39 Å². The lowest BCUT2D eigenvalue weighted by molar-refractivity contribution is 0.0977. The molecular weight excluding hydrogens is 291 g/mol. The highest BCUT2D eigenvalue weighted by atomic mass is 32.2. The molecule has 2 rings (SSSR count). The van der Waals surface area contributed by atoms with Gasteiger partial charge in [-0.25, -0.2) is 14.1 Å². The molecule has 100 valence electrons. The van der Waals surface area contributed by atoms with Gasteiger partial charge in [0.2, 0.25) is 4.34 Å². The zero-order valence-electron chi connectivity index (χ0n) is 9.75. The van der Waals surface area contributed by atoms with Gasteiger partial charge in [0.25, 0.3) is 15.9 Å². The first-order valence-corrected chi connectivity index (χ1v) is 7.49. The molecule has 5 nitrogen and oxygen atoms in total. The van der Waals surface area contributed by atoms with Crippen LogP contribution in [0.15, 0.2) is 34.1 Å². The molecule has 1 amide bonds. The van der Waals surface area contributed by atoms with Gasteiger partial charge in [0.1, 0.15) is 5.82 Å². The van der Waals surface area contributed by atoms with E-state index in [1.54, 1.807) is 11.6 Å². The fourth-order valence-electron chi connectivity index (χ4n) is 1.38. The molecule has 1 aromatic carbocycles. The molecule has 0 radical (unpaired) electrons. The summed E-state index contributed by atoms with van der Waals surface area (Å²) >= 11 is 0.867. The molecule has 1 aromatic heterocycles. The van der Waals surface area contributed by atoms with Crippen molar-refractivity contribution in [3.8, 4) is 0 Å². The lowest BCUT2D eigenvalue weighted by atomic mass is 10.1. The number of rotatable bonds is 3. The Hall–Kier alpha value is -1.80. The third-order valence-electron chi connectivity index (χ3n) is 2.23. The molecule has 0 aliphatic rings. The summed E-state index contributed by atoms with van der Waals surface area (Å²) in [7, 11) is -4.05. The second-order valence-electron chi connectivity index (χ2n) is 3.72. The van der Waals surface area contributed by atoms with E-state index in [9.17, 15) is 17.6 Å². The predicted octanol–water partition coefficient (Wildman–Crippen LogP) is 1.71. The molecule has 0 fully saturated rings. The second-order valence-corrected chi connectivity index (χ2v) is 6.47. The number of halogens is 1. The van der Waals surface area contributed by atoms with Crippen LogP contribution in [0.25, 0.3) is 0 Å². The molecule has 0 spiro atoms. The van der Waals surface area contributed by atoms with E-state index in [4.69, 9.17) is 0 Å². The molecule has 0 bridgehead atoms. The van der Waals surface area contributed by atoms with Crippen LogP contribution in [0.2, 0.25) is 0 Å². The maximum Gasteiger partial charge on any atom is 0.291 e. The van der Waals surface area contributed by atoms with Crippen molar-refractivity contribution in [2.24, 2.45) is 0 Å². The molecular formula is C11H9FN2O3S2. The highest BCUT2D eigenvalue weighted by molar-refractivity contribution is 7.92. The molecule has 0 aliphatic carbocycles. The molecule has 0 saturated heterocycles. The van der Waals surface area contributed by atoms with E-state index in [0.29, 0.717) is 5.56 Å². The van der Waals surface area contributed by atoms with E-state index in [1.165, 1.54) is 23.7 Å². The van der Waals surface area contributed by atoms with E-state index in [0.717, 1.165) is 17.4 Å². The largest absolute Gasteiger partial charge is 0.291 e. The lowest BCUT2D eigenvalue weighted by Gasteiger charge is -2.06. The van der Waals surface area contributed by atoms with Gasteiger partial charge in [0.05, 0.1) is 5.56 Å². The number of amides is 1. The third kappa shape index (κ3) is 2.96. The molecule has 19 heavy (non-hydrogen) atoms. The SMILES string of the molecule is Cc1ccc(F)c(C(=O)NS(=O)(=O)c2nccs2)c1. The van der Waals surface area contributed by atoms with Crippen molar-refractivity contribution in [2.75, 3.05) is 0 Å². The quantitative estimate of drug-likeness (QED) is 0.936. The molecule has 0 saturated carbocycles. The van der Waals surface area contributed by atoms with Crippen LogP contribution in [0, 0.1) is 12.7 Å². The number of hydrogen-bond donors (Lipinski definition) is 1. The molecule has 8 heteroatoms. The van der Waals surface area contributed by atoms with Crippen molar-refractivity contribution in [1.29, 1.82) is 0 Å². The van der Waals surface area contributed by atoms with E-state index in [1.807, 2.05) is 0 Å². The fourth-order valence-corrected chi connectivity index (χ4v) is 3.18. The van der Waals surface area contributed by atoms with Crippen molar-refractivity contribution in [1.82, 2.24) is 9.71 Å². The molecule has 0 unspecified atom stereocenters. The van der Waals surface area contributed by atoms with Crippen molar-refractivity contribution < 1.29 is 17.6 Å². The number of aromatic nitrogens is 1. The van der Waals surface area contributed by atoms with E-state index in [2.05, 4.69) is 4.98 Å². The monoisotopic (exact) mass is 300 g/mol. The predicted molar refractivity (Wildman–Crippen MR) is 67.9 cm³/mol. The van der Waals surface area contributed by atoms with Crippen molar-refractivity contribution in [2.45, 2.75) is 11.3 Å². The van der Waals surface area contributed by atoms with Gasteiger partial charge in [-0.2, -0.15) is 8.42 Å². The van der Waals surface area contributed by atoms with Gasteiger partial charge in [0.15, 0.2) is 0 Å². The zero-order valence-corrected chi connectivity index (χ0v) is 11.4. The summed E-state index contributed by atoms with van der Waals surface area (Å²) in [4.78, 5) is 15.4. The van der Waals surface area contributed by atoms with Gasteiger partial charge >= 0.3 is 0 Å². The smallest absolute Gasteiger partial charge is 0.268 e. The number of thiazole rings is 1. The van der Waals surface area contributed by atoms with Crippen molar-refractivity contribution in [3.05, 3.63) is 46.7 Å². The van der Waals surface area contributed by atoms with Gasteiger partial charge in [-0.15, -0.1) is 11.3 Å². The van der Waals surface area contributed by atoms with Gasteiger partial charge < -0.3 is 0 Å². The van der Waals surface area contributed by atoms with Gasteiger partial charge in [-0.05, 0) is 19.1 Å². The Bertz CT molecular complexity index is 712. The summed E-state index contributed by atoms with van der Waals surface area (Å²) in [5.74, 6) is -1.80. The van der Waals surface area contributed by atoms with Crippen LogP contribution in [0.5, 0.6) is 0 Å². The Kier molecular flexibility index (Phi) is 3.63. The van der Waals surface area contributed by atoms with Crippen molar-refractivity contribution in [3.63, 3.8) is 0 Å². The average Bonchev–Trinajstić information content (AvgIpc) is 2.86. The van der Waals surface area contributed by atoms with Crippen LogP contribution < -0.4 is 4.72 Å². The normalized spacial score (nSPS) is 11.3. The molecule has 0 aliphatic heterocycles. The number of hydrogen-bond acceptors (Lipinski definition) is 5. The topological polar surface area (TPSA) is 76.1 Å². The van der Waals surface area contributed by atoms with Gasteiger partial charge in [-0.1, -0.05) is 11.6 Å². The van der Waals surface area contributed by atoms with Crippen LogP contribution >= 0.6 is 11.3 Å². The van der Waals surface area contributed by atoms with Gasteiger partial charge in [0, 0.05) is 11.6 Å². The fraction of sp³-hybridized carbons (Fsp3) is 0.0909. The maximum atomic E-state index is 13.5. The van der Waals surface area contributed by atoms with Crippen LogP contribution in [-0.4, -0.2) is 19.3 Å². The maximum absolute atomic E-state index is 13.5. The third-order valence-corrected chi connectivity index (χ3v) is 4.76. The lowest BCUT2D eigenvalue weighted by Crippen LogP contribution is -2.31. The highest BCUT2D eigenvalue weighted by Gasteiger charge is 2.22. The minimum atomic E-state index is -4.05. The standard InChI is InChI=1S/C11H9FN2O3S2/c1-7-2-3-9(12)8(6-7)10(15)14-19(16,17)11-13-4-5-18-11/h2-6H,1H3,(H,14,15). The number of nitrogens with one attached hydrogen (secondary N) is 1. The molecule has 1 heterocycles. The Morgan fingerprint density at radius 2 is 2.16 bits per heavy atom. The second kappa shape index (κ2) is 5.06. The number of nitrogens with zero attached hydrogens (tertiary/aromatic N) is 1. The van der Waals surface area contributed by atoms with Crippen LogP contribution in [0.1, 0.15) is 15.9 Å². The van der Waals surface area contributed by atoms with E-state index >= 15 is 0 Å². The first-order chi connectivity index (χ1) is 8.90. The minimum Gasteiger partial charge on any atom is -0.268 e. The summed E-state index contributed by atoms with van der Waals surface area (Å²) < 4.78 is 38.5. The average molecular weight is 300 g/mol. The first kappa shape index (κ1) is 13.6. The number of carbonyl (C=O) groups is 1. The zero-order chi connectivity index (χ0) is 14.0. The molecule has 0 atom stereocenters. The molecule has 1 N–H and O–H groups in total. The van der Waals surface area contributed by atoms with Crippen LogP contribution in [0.3, 0.4) is 0 Å². The first-order valence-electron chi connectivity index (χ1n) is 5.13. The minimum absolute atomic E-state index is 0.242. The number of aryl methyl sites for hydroxylation is 1. The van der Waals surface area contributed by atoms with E-state index < -0.39 is 21.7 Å². The Morgan fingerprint density at radius 3 is 2.79 bits per heavy atom. The Balaban J connectivity index is 2.29. The van der Waals surface area contributed by atoms with Crippen molar-refractivity contribution >= 4 is 27.3 Å². The number of benzene rings is 1. The van der Waals surface area contributed by atoms with E-state index in [-0.39, 0.29) is 9.90 Å². The summed E-state index contributed by atoms with van der Waals surface area (Å²) in [6, 6.07) is 3.88. The Labute approximate surface area is 113 Å². The summed E-state index contributed by atoms with van der Waals surface area (Å²) in [5, 5.41) is 1.46. The highest BCUT2D eigenvalue weighted by Crippen LogP contribution is 2.14. The van der Waals surface area contributed by atoms with Gasteiger partial charge in [-0.3, -0.25) is 4.79 Å². The Morgan fingerprint density at radius 1 is 1.42 bits per heavy atom. The number of sulfonamides is 1.